The summed E-state index contributed by atoms with van der Waals surface area (Å²) in [5.41, 5.74) is 6.49. The molecule has 2 saturated carbocycles. The van der Waals surface area contributed by atoms with Crippen LogP contribution >= 0.6 is 0 Å². The van der Waals surface area contributed by atoms with E-state index in [4.69, 9.17) is 41.6 Å². The van der Waals surface area contributed by atoms with Crippen molar-refractivity contribution in [3.63, 3.8) is 0 Å². The lowest BCUT2D eigenvalue weighted by Gasteiger charge is -2.46. The fourth-order valence-corrected chi connectivity index (χ4v) is 9.81. The normalized spacial score (nSPS) is 35.9. The molecule has 6 atom stereocenters. The first kappa shape index (κ1) is 28.4. The summed E-state index contributed by atoms with van der Waals surface area (Å²) in [4.78, 5) is 8.28. The minimum Gasteiger partial charge on any atom is -0.508 e. The second-order valence-corrected chi connectivity index (χ2v) is 13.8. The molecule has 4 heterocycles. The van der Waals surface area contributed by atoms with E-state index in [2.05, 4.69) is 34.8 Å². The molecule has 2 saturated heterocycles. The van der Waals surface area contributed by atoms with Crippen LogP contribution in [0.1, 0.15) is 53.5 Å². The molecule has 4 aliphatic carbocycles. The molecule has 0 radical (unpaired) electrons. The third-order valence-corrected chi connectivity index (χ3v) is 11.8. The smallest absolute Gasteiger partial charge is 0.268 e. The van der Waals surface area contributed by atoms with Gasteiger partial charge in [0.25, 0.3) is 11.1 Å². The maximum atomic E-state index is 9.94. The van der Waals surface area contributed by atoms with E-state index >= 15 is 0 Å². The number of aryl methyl sites for hydroxylation is 1. The van der Waals surface area contributed by atoms with Gasteiger partial charge in [-0.15, -0.1) is 0 Å². The van der Waals surface area contributed by atoms with Crippen LogP contribution in [0.15, 0.2) is 60.1 Å². The molecule has 1 N–H and O–H groups in total. The molecule has 2 aromatic rings. The Kier molecular flexibility index (Phi) is 6.06. The maximum Gasteiger partial charge on any atom is 0.268 e. The highest BCUT2D eigenvalue weighted by Crippen LogP contribution is 2.62. The van der Waals surface area contributed by atoms with Gasteiger partial charge in [-0.25, -0.2) is 13.1 Å². The predicted octanol–water partition coefficient (Wildman–Crippen LogP) is 5.60. The largest absolute Gasteiger partial charge is 0.508 e. The van der Waals surface area contributed by atoms with Crippen LogP contribution in [0.25, 0.3) is 9.69 Å². The Hall–Kier alpha value is -3.86. The Labute approximate surface area is 268 Å². The third-order valence-electron chi connectivity index (χ3n) is 11.8. The fraction of sp³-hybridized carbons (Fsp3) is 0.514. The summed E-state index contributed by atoms with van der Waals surface area (Å²) < 4.78 is 35.8. The molecule has 4 fully saturated rings. The third kappa shape index (κ3) is 3.63. The first-order valence-electron chi connectivity index (χ1n) is 16.3. The molecule has 46 heavy (non-hydrogen) atoms. The number of nitrogens with zero attached hydrogens (tertiary/aromatic N) is 2. The van der Waals surface area contributed by atoms with Crippen LogP contribution in [0.4, 0.5) is 0 Å². The first-order chi connectivity index (χ1) is 22.4. The van der Waals surface area contributed by atoms with E-state index < -0.39 is 22.7 Å². The fourth-order valence-electron chi connectivity index (χ4n) is 9.81. The monoisotopic (exact) mass is 620 g/mol. The summed E-state index contributed by atoms with van der Waals surface area (Å²) in [5, 5.41) is 9.94. The summed E-state index contributed by atoms with van der Waals surface area (Å²) in [7, 11) is 0. The maximum absolute atomic E-state index is 9.94. The highest BCUT2D eigenvalue weighted by Gasteiger charge is 2.69. The molecule has 9 heteroatoms. The van der Waals surface area contributed by atoms with Gasteiger partial charge in [-0.2, -0.15) is 0 Å². The molecule has 9 nitrogen and oxygen atoms in total. The molecule has 6 unspecified atom stereocenters. The van der Waals surface area contributed by atoms with Crippen molar-refractivity contribution >= 4 is 0 Å². The Bertz CT molecular complexity index is 1640. The van der Waals surface area contributed by atoms with E-state index in [9.17, 15) is 5.11 Å². The number of phenolic OH excluding ortho intramolecular Hbond substituents is 1. The lowest BCUT2D eigenvalue weighted by atomic mass is 9.59. The molecular weight excluding hydrogens is 584 g/mol. The molecule has 2 spiro atoms. The Balaban J connectivity index is 0.000000127. The van der Waals surface area contributed by atoms with Gasteiger partial charge >= 0.3 is 0 Å². The highest BCUT2D eigenvalue weighted by atomic mass is 16.7. The van der Waals surface area contributed by atoms with Crippen LogP contribution in [0.2, 0.25) is 0 Å². The average Bonchev–Trinajstić information content (AvgIpc) is 3.90. The van der Waals surface area contributed by atoms with Crippen LogP contribution in [0.3, 0.4) is 0 Å². The van der Waals surface area contributed by atoms with E-state index in [0.717, 1.165) is 48.0 Å². The molecule has 0 amide bonds. The van der Waals surface area contributed by atoms with Gasteiger partial charge in [0.2, 0.25) is 0 Å². The zero-order chi connectivity index (χ0) is 31.3. The summed E-state index contributed by atoms with van der Waals surface area (Å²) in [6.07, 6.45) is 7.94. The van der Waals surface area contributed by atoms with Crippen molar-refractivity contribution in [1.82, 2.24) is 0 Å². The van der Waals surface area contributed by atoms with E-state index in [-0.39, 0.29) is 29.8 Å². The summed E-state index contributed by atoms with van der Waals surface area (Å²) >= 11 is 0. The van der Waals surface area contributed by atoms with Crippen molar-refractivity contribution in [3.8, 4) is 5.75 Å². The van der Waals surface area contributed by atoms with Gasteiger partial charge in [0.1, 0.15) is 29.8 Å². The van der Waals surface area contributed by atoms with Gasteiger partial charge in [0.15, 0.2) is 11.6 Å². The summed E-state index contributed by atoms with van der Waals surface area (Å²) in [6, 6.07) is 11.9. The van der Waals surface area contributed by atoms with Gasteiger partial charge in [0, 0.05) is 60.8 Å². The minimum absolute atomic E-state index is 0.0271. The Morgan fingerprint density at radius 1 is 0.674 bits per heavy atom. The van der Waals surface area contributed by atoms with Gasteiger partial charge in [-0.05, 0) is 36.2 Å². The number of phenols is 1. The predicted molar refractivity (Wildman–Crippen MR) is 164 cm³/mol. The second-order valence-electron chi connectivity index (χ2n) is 13.8. The van der Waals surface area contributed by atoms with Crippen LogP contribution in [-0.2, 0) is 52.3 Å². The van der Waals surface area contributed by atoms with Crippen molar-refractivity contribution < 1.29 is 33.5 Å². The zero-order valence-electron chi connectivity index (χ0n) is 25.8. The molecule has 236 valence electrons. The Morgan fingerprint density at radius 2 is 1.15 bits per heavy atom. The number of ether oxygens (including phenoxy) is 6. The lowest BCUT2D eigenvalue weighted by molar-refractivity contribution is -0.155. The van der Waals surface area contributed by atoms with Crippen LogP contribution < -0.4 is 0 Å². The number of fused-ring (bicyclic) bond motifs is 6. The standard InChI is InChI=1S/C19H19NO3.C18H17NO4/c1-12-3-4-13-10-16-17-15(11-21-16)19(22-7-8-23-19)6-5-18(17,20-2)14(13)9-12;1-19-17-4-5-18(22-6-7-23-18)14-10-21-15(16(14)17)8-11-2-3-12(20)9-13(11)17/h3-4,9,11,16-17H,5-8,10H2,1H3;2-3,9-10,15-16,20H,4-8H2. The second kappa shape index (κ2) is 9.82. The van der Waals surface area contributed by atoms with Crippen LogP contribution in [0.5, 0.6) is 5.75 Å². The number of hydrogen-bond acceptors (Lipinski definition) is 7. The first-order valence-corrected chi connectivity index (χ1v) is 16.3. The average molecular weight is 621 g/mol. The number of benzene rings is 2. The molecule has 10 rings (SSSR count). The number of aromatic hydroxyl groups is 1. The van der Waals surface area contributed by atoms with Gasteiger partial charge in [0.05, 0.1) is 39.0 Å². The van der Waals surface area contributed by atoms with Crippen molar-refractivity contribution in [3.05, 3.63) is 111 Å². The zero-order valence-corrected chi connectivity index (χ0v) is 25.8. The number of rotatable bonds is 0. The molecule has 0 aromatic heterocycles. The topological polar surface area (TPSA) is 84.3 Å². The van der Waals surface area contributed by atoms with Gasteiger partial charge < -0.3 is 43.2 Å². The van der Waals surface area contributed by atoms with Crippen molar-refractivity contribution in [1.29, 1.82) is 0 Å². The Morgan fingerprint density at radius 3 is 1.65 bits per heavy atom. The molecule has 0 bridgehead atoms. The quantitative estimate of drug-likeness (QED) is 0.384. The summed E-state index contributed by atoms with van der Waals surface area (Å²) in [5.74, 6) is -1.16. The van der Waals surface area contributed by atoms with Crippen molar-refractivity contribution in [2.45, 2.75) is 80.3 Å². The van der Waals surface area contributed by atoms with Gasteiger partial charge in [-0.3, -0.25) is 0 Å². The van der Waals surface area contributed by atoms with Crippen LogP contribution in [-0.4, -0.2) is 55.3 Å². The van der Waals surface area contributed by atoms with Gasteiger partial charge in [-0.1, -0.05) is 23.8 Å². The molecule has 4 aliphatic heterocycles. The summed E-state index contributed by atoms with van der Waals surface area (Å²) in [6.45, 7) is 20.5. The molecular formula is C37H36N2O7. The minimum atomic E-state index is -0.706. The van der Waals surface area contributed by atoms with Crippen molar-refractivity contribution in [2.75, 3.05) is 26.4 Å². The van der Waals surface area contributed by atoms with Crippen LogP contribution in [0, 0.1) is 31.9 Å². The number of hydrogen-bond donors (Lipinski definition) is 1. The molecule has 2 aromatic carbocycles. The SMILES string of the molecule is [C-]#[N+]C12CCC3(OCCO3)C3=COC(Cc4ccc(C)cc41)C32.[C-]#[N+]C12CCC3(OCCO3)C3=COC(Cc4ccc(O)cc41)C32. The highest BCUT2D eigenvalue weighted by molar-refractivity contribution is 5.51. The van der Waals surface area contributed by atoms with Crippen molar-refractivity contribution in [2.24, 2.45) is 11.8 Å². The van der Waals surface area contributed by atoms with E-state index in [1.165, 1.54) is 16.7 Å². The van der Waals surface area contributed by atoms with E-state index in [1.807, 2.05) is 12.3 Å². The van der Waals surface area contributed by atoms with E-state index in [0.29, 0.717) is 39.3 Å². The van der Waals surface area contributed by atoms with E-state index in [1.54, 1.807) is 18.4 Å². The molecule has 8 aliphatic rings. The lowest BCUT2D eigenvalue weighted by Crippen LogP contribution is -2.53.